The summed E-state index contributed by atoms with van der Waals surface area (Å²) in [5, 5.41) is 0. The maximum atomic E-state index is 12.4. The van der Waals surface area contributed by atoms with Crippen LogP contribution in [0.25, 0.3) is 10.4 Å². The Hall–Kier alpha value is -3.45. The van der Waals surface area contributed by atoms with Crippen LogP contribution in [0.15, 0.2) is 54.6 Å². The first kappa shape index (κ1) is 19.8. The molecule has 0 saturated carbocycles. The molecule has 1 aliphatic carbocycles. The Morgan fingerprint density at radius 3 is 2.50 bits per heavy atom. The van der Waals surface area contributed by atoms with Gasteiger partial charge in [-0.05, 0) is 54.7 Å². The van der Waals surface area contributed by atoms with Crippen molar-refractivity contribution in [3.8, 4) is 10.4 Å². The Balaban J connectivity index is 1.31. The molecule has 1 aromatic heterocycles. The third-order valence-electron chi connectivity index (χ3n) is 4.90. The van der Waals surface area contributed by atoms with Crippen LogP contribution in [0, 0.1) is 6.92 Å². The first-order chi connectivity index (χ1) is 14.5. The normalized spacial score (nSPS) is 11.8. The average Bonchev–Trinajstić information content (AvgIpc) is 3.21. The maximum absolute atomic E-state index is 12.4. The number of ether oxygens (including phenoxy) is 1. The molecule has 0 bridgehead atoms. The summed E-state index contributed by atoms with van der Waals surface area (Å²) < 4.78 is 5.12. The van der Waals surface area contributed by atoms with Gasteiger partial charge in [-0.25, -0.2) is 4.79 Å². The van der Waals surface area contributed by atoms with Gasteiger partial charge in [-0.15, -0.1) is 11.3 Å². The molecule has 1 heterocycles. The van der Waals surface area contributed by atoms with E-state index < -0.39 is 24.4 Å². The van der Waals surface area contributed by atoms with Gasteiger partial charge in [0, 0.05) is 10.4 Å². The number of fused-ring (bicyclic) bond motifs is 3. The fourth-order valence-electron chi connectivity index (χ4n) is 3.31. The van der Waals surface area contributed by atoms with Gasteiger partial charge in [-0.1, -0.05) is 42.0 Å². The maximum Gasteiger partial charge on any atom is 0.348 e. The molecule has 3 aromatic rings. The highest BCUT2D eigenvalue weighted by molar-refractivity contribution is 7.17. The molecular weight excluding hydrogens is 400 g/mol. The lowest BCUT2D eigenvalue weighted by atomic mass is 9.91. The van der Waals surface area contributed by atoms with Gasteiger partial charge in [0.25, 0.3) is 11.8 Å². The third kappa shape index (κ3) is 4.26. The first-order valence-electron chi connectivity index (χ1n) is 9.55. The summed E-state index contributed by atoms with van der Waals surface area (Å²) in [5.41, 5.74) is 9.56. The van der Waals surface area contributed by atoms with E-state index in [9.17, 15) is 14.4 Å². The molecule has 6 nitrogen and oxygen atoms in total. The number of rotatable bonds is 4. The zero-order chi connectivity index (χ0) is 21.1. The molecule has 2 aromatic carbocycles. The molecule has 0 atom stereocenters. The van der Waals surface area contributed by atoms with Gasteiger partial charge < -0.3 is 4.74 Å². The second-order valence-corrected chi connectivity index (χ2v) is 8.12. The molecular formula is C23H20N2O4S. The van der Waals surface area contributed by atoms with Gasteiger partial charge in [0.1, 0.15) is 4.88 Å². The summed E-state index contributed by atoms with van der Waals surface area (Å²) in [4.78, 5) is 37.9. The summed E-state index contributed by atoms with van der Waals surface area (Å²) in [6.45, 7) is 1.44. The Morgan fingerprint density at radius 1 is 0.967 bits per heavy atom. The number of aryl methyl sites for hydroxylation is 3. The van der Waals surface area contributed by atoms with Crippen molar-refractivity contribution < 1.29 is 19.1 Å². The minimum atomic E-state index is -0.615. The van der Waals surface area contributed by atoms with Gasteiger partial charge in [0.05, 0.1) is 0 Å². The number of esters is 1. The average molecular weight is 420 g/mol. The Bertz CT molecular complexity index is 1120. The largest absolute Gasteiger partial charge is 0.451 e. The van der Waals surface area contributed by atoms with E-state index in [1.165, 1.54) is 16.9 Å². The number of thiophene rings is 1. The van der Waals surface area contributed by atoms with Crippen molar-refractivity contribution in [2.45, 2.75) is 19.8 Å². The van der Waals surface area contributed by atoms with Crippen molar-refractivity contribution in [2.24, 2.45) is 0 Å². The van der Waals surface area contributed by atoms with Crippen LogP contribution >= 0.6 is 11.3 Å². The first-order valence-corrected chi connectivity index (χ1v) is 10.4. The Labute approximate surface area is 177 Å². The number of hydrogen-bond acceptors (Lipinski definition) is 5. The second kappa shape index (κ2) is 8.51. The molecule has 0 spiro atoms. The minimum absolute atomic E-state index is 0.419. The van der Waals surface area contributed by atoms with E-state index in [1.54, 1.807) is 24.3 Å². The Morgan fingerprint density at radius 2 is 1.70 bits per heavy atom. The monoisotopic (exact) mass is 420 g/mol. The highest BCUT2D eigenvalue weighted by atomic mass is 32.1. The van der Waals surface area contributed by atoms with Crippen LogP contribution in [-0.2, 0) is 22.4 Å². The molecule has 0 saturated heterocycles. The van der Waals surface area contributed by atoms with E-state index in [1.807, 2.05) is 25.1 Å². The van der Waals surface area contributed by atoms with Crippen LogP contribution in [0.4, 0.5) is 0 Å². The van der Waals surface area contributed by atoms with Crippen LogP contribution in [0.1, 0.15) is 36.7 Å². The predicted octanol–water partition coefficient (Wildman–Crippen LogP) is 3.44. The number of benzene rings is 2. The summed E-state index contributed by atoms with van der Waals surface area (Å²) in [6.07, 6.45) is 1.82. The van der Waals surface area contributed by atoms with Crippen LogP contribution in [0.3, 0.4) is 0 Å². The molecule has 1 aliphatic rings. The van der Waals surface area contributed by atoms with Crippen molar-refractivity contribution in [3.63, 3.8) is 0 Å². The van der Waals surface area contributed by atoms with E-state index in [4.69, 9.17) is 4.74 Å². The minimum Gasteiger partial charge on any atom is -0.451 e. The fourth-order valence-corrected chi connectivity index (χ4v) is 4.48. The summed E-state index contributed by atoms with van der Waals surface area (Å²) in [6, 6.07) is 16.9. The van der Waals surface area contributed by atoms with Crippen LogP contribution in [0.2, 0.25) is 0 Å². The molecule has 152 valence electrons. The lowest BCUT2D eigenvalue weighted by Gasteiger charge is -2.15. The number of hydrogen-bond donors (Lipinski definition) is 2. The third-order valence-corrected chi connectivity index (χ3v) is 6.09. The lowest BCUT2D eigenvalue weighted by Crippen LogP contribution is -2.43. The smallest absolute Gasteiger partial charge is 0.348 e. The van der Waals surface area contributed by atoms with Crippen molar-refractivity contribution in [1.82, 2.24) is 10.9 Å². The van der Waals surface area contributed by atoms with Gasteiger partial charge in [-0.3, -0.25) is 20.4 Å². The number of amides is 2. The van der Waals surface area contributed by atoms with Crippen LogP contribution in [0.5, 0.6) is 0 Å². The molecule has 2 amide bonds. The van der Waals surface area contributed by atoms with E-state index >= 15 is 0 Å². The molecule has 4 rings (SSSR count). The molecule has 0 fully saturated rings. The van der Waals surface area contributed by atoms with Gasteiger partial charge in [0.2, 0.25) is 0 Å². The SMILES string of the molecule is Cc1ccc(C(=O)NNC(=O)COC(=O)c2cc3c(s2)-c2ccccc2CC3)cc1. The lowest BCUT2D eigenvalue weighted by molar-refractivity contribution is -0.125. The molecule has 30 heavy (non-hydrogen) atoms. The number of carbonyl (C=O) groups excluding carboxylic acids is 3. The summed E-state index contributed by atoms with van der Waals surface area (Å²) >= 11 is 1.38. The van der Waals surface area contributed by atoms with Crippen molar-refractivity contribution in [3.05, 3.63) is 81.7 Å². The van der Waals surface area contributed by atoms with Crippen molar-refractivity contribution in [1.29, 1.82) is 0 Å². The molecule has 0 unspecified atom stereocenters. The quantitative estimate of drug-likeness (QED) is 0.500. The molecule has 0 radical (unpaired) electrons. The number of carbonyl (C=O) groups is 3. The Kier molecular flexibility index (Phi) is 5.63. The van der Waals surface area contributed by atoms with Gasteiger partial charge in [0.15, 0.2) is 6.61 Å². The molecule has 2 N–H and O–H groups in total. The molecule has 7 heteroatoms. The van der Waals surface area contributed by atoms with E-state index in [-0.39, 0.29) is 0 Å². The zero-order valence-corrected chi connectivity index (χ0v) is 17.2. The van der Waals surface area contributed by atoms with Crippen molar-refractivity contribution >= 4 is 29.1 Å². The van der Waals surface area contributed by atoms with E-state index in [2.05, 4.69) is 23.0 Å². The number of nitrogens with one attached hydrogen (secondary N) is 2. The highest BCUT2D eigenvalue weighted by Gasteiger charge is 2.22. The second-order valence-electron chi connectivity index (χ2n) is 7.07. The van der Waals surface area contributed by atoms with Crippen LogP contribution < -0.4 is 10.9 Å². The zero-order valence-electron chi connectivity index (χ0n) is 16.4. The van der Waals surface area contributed by atoms with E-state index in [0.29, 0.717) is 10.4 Å². The fraction of sp³-hybridized carbons (Fsp3) is 0.174. The standard InChI is InChI=1S/C23H20N2O4S/c1-14-6-8-16(9-7-14)22(27)25-24-20(26)13-29-23(28)19-12-17-11-10-15-4-2-3-5-18(15)21(17)30-19/h2-9,12H,10-11,13H2,1H3,(H,24,26)(H,25,27). The van der Waals surface area contributed by atoms with Gasteiger partial charge >= 0.3 is 5.97 Å². The summed E-state index contributed by atoms with van der Waals surface area (Å²) in [5.74, 6) is -1.61. The van der Waals surface area contributed by atoms with Crippen molar-refractivity contribution in [2.75, 3.05) is 6.61 Å². The topological polar surface area (TPSA) is 84.5 Å². The molecule has 0 aliphatic heterocycles. The van der Waals surface area contributed by atoms with Crippen LogP contribution in [-0.4, -0.2) is 24.4 Å². The highest BCUT2D eigenvalue weighted by Crippen LogP contribution is 2.39. The van der Waals surface area contributed by atoms with E-state index in [0.717, 1.165) is 34.4 Å². The number of hydrazine groups is 1. The predicted molar refractivity (Wildman–Crippen MR) is 114 cm³/mol. The van der Waals surface area contributed by atoms with Gasteiger partial charge in [-0.2, -0.15) is 0 Å². The summed E-state index contributed by atoms with van der Waals surface area (Å²) in [7, 11) is 0.